The van der Waals surface area contributed by atoms with Crippen molar-refractivity contribution in [3.05, 3.63) is 35.9 Å². The van der Waals surface area contributed by atoms with Crippen molar-refractivity contribution in [1.29, 1.82) is 0 Å². The molecule has 3 N–H and O–H groups in total. The number of benzene rings is 1. The van der Waals surface area contributed by atoms with Crippen LogP contribution in [0.3, 0.4) is 0 Å². The fraction of sp³-hybridized carbons (Fsp3) is 0.286. The molecule has 22 heavy (non-hydrogen) atoms. The number of carboxylic acids is 3. The summed E-state index contributed by atoms with van der Waals surface area (Å²) in [6.07, 6.45) is -2.58. The third-order valence-corrected chi connectivity index (χ3v) is 2.76. The molecule has 0 aromatic heterocycles. The van der Waals surface area contributed by atoms with Gasteiger partial charge in [-0.1, -0.05) is 30.3 Å². The topological polar surface area (TPSA) is 138 Å². The molecule has 0 fully saturated rings. The van der Waals surface area contributed by atoms with Crippen molar-refractivity contribution in [2.45, 2.75) is 24.9 Å². The van der Waals surface area contributed by atoms with Gasteiger partial charge in [0.2, 0.25) is 5.60 Å². The van der Waals surface area contributed by atoms with Crippen LogP contribution in [0.25, 0.3) is 0 Å². The number of carbonyl (C=O) groups excluding carboxylic acids is 1. The largest absolute Gasteiger partial charge is 0.481 e. The minimum atomic E-state index is -2.64. The summed E-state index contributed by atoms with van der Waals surface area (Å²) in [6.45, 7) is 0. The number of esters is 1. The van der Waals surface area contributed by atoms with Gasteiger partial charge in [-0.3, -0.25) is 14.4 Å². The molecule has 0 heterocycles. The molecule has 0 aliphatic rings. The number of carbonyl (C=O) groups is 4. The third kappa shape index (κ3) is 4.89. The van der Waals surface area contributed by atoms with Crippen LogP contribution < -0.4 is 0 Å². The van der Waals surface area contributed by atoms with E-state index in [0.29, 0.717) is 5.56 Å². The number of hydrogen-bond acceptors (Lipinski definition) is 5. The first-order valence-electron chi connectivity index (χ1n) is 6.18. The predicted octanol–water partition coefficient (Wildman–Crippen LogP) is 0.545. The predicted molar refractivity (Wildman–Crippen MR) is 71.1 cm³/mol. The van der Waals surface area contributed by atoms with E-state index >= 15 is 0 Å². The Balaban J connectivity index is 2.95. The third-order valence-electron chi connectivity index (χ3n) is 2.76. The van der Waals surface area contributed by atoms with Crippen LogP contribution >= 0.6 is 0 Å². The van der Waals surface area contributed by atoms with Crippen LogP contribution in [-0.2, 0) is 30.3 Å². The molecule has 8 nitrogen and oxygen atoms in total. The standard InChI is InChI=1S/C14H14O8/c15-10(16)7-14(13(20)21,8-11(17)18)22-12(19)6-9-4-2-1-3-5-9/h1-5H,6-8H2,(H,15,16)(H,17,18)(H,20,21). The molecule has 0 radical (unpaired) electrons. The average Bonchev–Trinajstić information content (AvgIpc) is 2.37. The van der Waals surface area contributed by atoms with Crippen LogP contribution in [-0.4, -0.2) is 44.8 Å². The van der Waals surface area contributed by atoms with Crippen LogP contribution in [0.2, 0.25) is 0 Å². The maximum Gasteiger partial charge on any atom is 0.349 e. The second kappa shape index (κ2) is 7.21. The lowest BCUT2D eigenvalue weighted by molar-refractivity contribution is -0.185. The first-order valence-corrected chi connectivity index (χ1v) is 6.18. The first-order chi connectivity index (χ1) is 10.2. The van der Waals surface area contributed by atoms with Crippen molar-refractivity contribution < 1.29 is 39.2 Å². The van der Waals surface area contributed by atoms with Crippen LogP contribution in [0.5, 0.6) is 0 Å². The normalized spacial score (nSPS) is 10.7. The lowest BCUT2D eigenvalue weighted by Crippen LogP contribution is -2.47. The SMILES string of the molecule is O=C(O)CC(CC(=O)O)(OC(=O)Cc1ccccc1)C(=O)O. The van der Waals surface area contributed by atoms with Gasteiger partial charge < -0.3 is 20.1 Å². The molecule has 118 valence electrons. The van der Waals surface area contributed by atoms with Gasteiger partial charge >= 0.3 is 23.9 Å². The lowest BCUT2D eigenvalue weighted by Gasteiger charge is -2.26. The molecular formula is C14H14O8. The second-order valence-electron chi connectivity index (χ2n) is 4.58. The molecular weight excluding hydrogens is 296 g/mol. The van der Waals surface area contributed by atoms with Crippen LogP contribution in [0, 0.1) is 0 Å². The van der Waals surface area contributed by atoms with E-state index in [1.54, 1.807) is 30.3 Å². The minimum absolute atomic E-state index is 0.297. The van der Waals surface area contributed by atoms with Gasteiger partial charge in [-0.15, -0.1) is 0 Å². The number of carboxylic acid groups (broad SMARTS) is 3. The molecule has 0 amide bonds. The van der Waals surface area contributed by atoms with E-state index in [2.05, 4.69) is 0 Å². The molecule has 0 bridgehead atoms. The number of aliphatic carboxylic acids is 3. The summed E-state index contributed by atoms with van der Waals surface area (Å²) in [7, 11) is 0. The Morgan fingerprint density at radius 2 is 1.41 bits per heavy atom. The van der Waals surface area contributed by atoms with E-state index < -0.39 is 42.3 Å². The van der Waals surface area contributed by atoms with Crippen molar-refractivity contribution in [3.8, 4) is 0 Å². The molecule has 1 aromatic carbocycles. The van der Waals surface area contributed by atoms with Crippen molar-refractivity contribution >= 4 is 23.9 Å². The Labute approximate surface area is 124 Å². The Morgan fingerprint density at radius 3 is 1.82 bits per heavy atom. The molecule has 0 saturated heterocycles. The molecule has 8 heteroatoms. The van der Waals surface area contributed by atoms with E-state index in [4.69, 9.17) is 20.1 Å². The van der Waals surface area contributed by atoms with E-state index in [1.807, 2.05) is 0 Å². The highest BCUT2D eigenvalue weighted by Gasteiger charge is 2.47. The quantitative estimate of drug-likeness (QED) is 0.591. The van der Waals surface area contributed by atoms with Crippen molar-refractivity contribution in [3.63, 3.8) is 0 Å². The van der Waals surface area contributed by atoms with E-state index in [1.165, 1.54) is 0 Å². The van der Waals surface area contributed by atoms with Gasteiger partial charge in [0, 0.05) is 0 Å². The van der Waals surface area contributed by atoms with Gasteiger partial charge in [0.15, 0.2) is 0 Å². The van der Waals surface area contributed by atoms with Crippen LogP contribution in [0.4, 0.5) is 0 Å². The van der Waals surface area contributed by atoms with Crippen molar-refractivity contribution in [2.24, 2.45) is 0 Å². The van der Waals surface area contributed by atoms with Gasteiger partial charge in [-0.25, -0.2) is 4.79 Å². The lowest BCUT2D eigenvalue weighted by atomic mass is 9.95. The van der Waals surface area contributed by atoms with E-state index in [0.717, 1.165) is 0 Å². The highest BCUT2D eigenvalue weighted by molar-refractivity contribution is 5.91. The van der Waals surface area contributed by atoms with E-state index in [9.17, 15) is 19.2 Å². The summed E-state index contributed by atoms with van der Waals surface area (Å²) in [4.78, 5) is 44.7. The van der Waals surface area contributed by atoms with E-state index in [-0.39, 0.29) is 6.42 Å². The van der Waals surface area contributed by atoms with Crippen LogP contribution in [0.15, 0.2) is 30.3 Å². The fourth-order valence-corrected chi connectivity index (χ4v) is 1.83. The first kappa shape index (κ1) is 17.2. The Hall–Kier alpha value is -2.90. The zero-order valence-electron chi connectivity index (χ0n) is 11.4. The molecule has 0 atom stereocenters. The monoisotopic (exact) mass is 310 g/mol. The number of ether oxygens (including phenoxy) is 1. The van der Waals surface area contributed by atoms with Gasteiger partial charge in [-0.2, -0.15) is 0 Å². The van der Waals surface area contributed by atoms with Gasteiger partial charge in [0.25, 0.3) is 0 Å². The fourth-order valence-electron chi connectivity index (χ4n) is 1.83. The zero-order valence-corrected chi connectivity index (χ0v) is 11.4. The Morgan fingerprint density at radius 1 is 0.909 bits per heavy atom. The summed E-state index contributed by atoms with van der Waals surface area (Å²) in [5.74, 6) is -6.01. The molecule has 1 aromatic rings. The summed E-state index contributed by atoms with van der Waals surface area (Å²) in [5.41, 5.74) is -2.11. The molecule has 0 aliphatic carbocycles. The summed E-state index contributed by atoms with van der Waals surface area (Å²) in [5, 5.41) is 26.7. The molecule has 0 spiro atoms. The van der Waals surface area contributed by atoms with Gasteiger partial charge in [0.1, 0.15) is 0 Å². The van der Waals surface area contributed by atoms with Crippen molar-refractivity contribution in [2.75, 3.05) is 0 Å². The number of rotatable bonds is 8. The Kier molecular flexibility index (Phi) is 5.62. The molecule has 0 aliphatic heterocycles. The van der Waals surface area contributed by atoms with Crippen molar-refractivity contribution in [1.82, 2.24) is 0 Å². The minimum Gasteiger partial charge on any atom is -0.481 e. The summed E-state index contributed by atoms with van der Waals surface area (Å²) >= 11 is 0. The summed E-state index contributed by atoms with van der Waals surface area (Å²) < 4.78 is 4.73. The zero-order chi connectivity index (χ0) is 16.8. The Bertz CT molecular complexity index is 562. The summed E-state index contributed by atoms with van der Waals surface area (Å²) in [6, 6.07) is 8.21. The highest BCUT2D eigenvalue weighted by Crippen LogP contribution is 2.23. The maximum atomic E-state index is 11.8. The average molecular weight is 310 g/mol. The molecule has 1 rings (SSSR count). The molecule has 0 saturated carbocycles. The van der Waals surface area contributed by atoms with Gasteiger partial charge in [-0.05, 0) is 5.56 Å². The van der Waals surface area contributed by atoms with Gasteiger partial charge in [0.05, 0.1) is 19.3 Å². The maximum absolute atomic E-state index is 11.8. The molecule has 0 unspecified atom stereocenters. The second-order valence-corrected chi connectivity index (χ2v) is 4.58. The van der Waals surface area contributed by atoms with Crippen LogP contribution in [0.1, 0.15) is 18.4 Å². The smallest absolute Gasteiger partial charge is 0.349 e. The highest BCUT2D eigenvalue weighted by atomic mass is 16.6. The number of hydrogen-bond donors (Lipinski definition) is 3.